The lowest BCUT2D eigenvalue weighted by Crippen LogP contribution is -2.05. The Kier molecular flexibility index (Phi) is 3.72. The van der Waals surface area contributed by atoms with Crippen LogP contribution in [0.5, 0.6) is 0 Å². The number of aryl methyl sites for hydroxylation is 1. The minimum atomic E-state index is 0.378. The Balaban J connectivity index is 2.08. The summed E-state index contributed by atoms with van der Waals surface area (Å²) < 4.78 is 3.46. The minimum absolute atomic E-state index is 0.378. The van der Waals surface area contributed by atoms with Gasteiger partial charge in [0.05, 0.1) is 9.81 Å². The van der Waals surface area contributed by atoms with Crippen LogP contribution in [-0.4, -0.2) is 10.8 Å². The second kappa shape index (κ2) is 5.90. The third kappa shape index (κ3) is 2.27. The van der Waals surface area contributed by atoms with Gasteiger partial charge in [-0.05, 0) is 33.4 Å². The monoisotopic (exact) mass is 347 g/mol. The summed E-state index contributed by atoms with van der Waals surface area (Å²) in [6.07, 6.45) is 1.11. The van der Waals surface area contributed by atoms with Crippen LogP contribution in [0.3, 0.4) is 0 Å². The minimum Gasteiger partial charge on any atom is -0.344 e. The molecule has 0 saturated heterocycles. The molecular formula is C19H13N3S2. The van der Waals surface area contributed by atoms with Crippen molar-refractivity contribution in [1.82, 2.24) is 4.57 Å². The van der Waals surface area contributed by atoms with Crippen LogP contribution in [0.15, 0.2) is 47.2 Å². The van der Waals surface area contributed by atoms with Crippen molar-refractivity contribution >= 4 is 61.4 Å². The summed E-state index contributed by atoms with van der Waals surface area (Å²) in [6, 6.07) is 14.6. The Morgan fingerprint density at radius 1 is 1.08 bits per heavy atom. The van der Waals surface area contributed by atoms with Crippen LogP contribution in [0.4, 0.5) is 0 Å². The van der Waals surface area contributed by atoms with E-state index in [2.05, 4.69) is 39.7 Å². The Labute approximate surface area is 147 Å². The van der Waals surface area contributed by atoms with E-state index in [4.69, 9.17) is 10.7 Å². The molecule has 1 aromatic heterocycles. The lowest BCUT2D eigenvalue weighted by molar-refractivity contribution is 1.01. The van der Waals surface area contributed by atoms with Crippen molar-refractivity contribution in [2.24, 2.45) is 7.05 Å². The van der Waals surface area contributed by atoms with Gasteiger partial charge in [0.25, 0.3) is 0 Å². The Morgan fingerprint density at radius 2 is 1.75 bits per heavy atom. The van der Waals surface area contributed by atoms with Gasteiger partial charge in [-0.15, -0.1) is 0 Å². The maximum absolute atomic E-state index is 9.16. The number of hydrogen-bond donors (Lipinski definition) is 1. The molecule has 0 bridgehead atoms. The normalized spacial score (nSPS) is 15.1. The summed E-state index contributed by atoms with van der Waals surface area (Å²) in [5.74, 6) is 0. The molecule has 1 N–H and O–H groups in total. The van der Waals surface area contributed by atoms with E-state index in [-0.39, 0.29) is 0 Å². The van der Waals surface area contributed by atoms with Crippen molar-refractivity contribution in [2.75, 3.05) is 0 Å². The summed E-state index contributed by atoms with van der Waals surface area (Å²) in [4.78, 5) is 0. The standard InChI is InChI=1S/C19H13N3S2/c1-22-17-8-12(14(10-20)11-21)2-4-15(17)16-5-3-13(9-18(16)22)19-23-6-7-24-19/h2-10,20H,1H3/b14-12+,20-10?. The number of benzene rings is 2. The highest BCUT2D eigenvalue weighted by atomic mass is 32.2. The van der Waals surface area contributed by atoms with E-state index in [9.17, 15) is 0 Å². The fraction of sp³-hybridized carbons (Fsp3) is 0.0526. The molecule has 0 atom stereocenters. The predicted molar refractivity (Wildman–Crippen MR) is 105 cm³/mol. The molecule has 0 spiro atoms. The van der Waals surface area contributed by atoms with Gasteiger partial charge < -0.3 is 9.98 Å². The summed E-state index contributed by atoms with van der Waals surface area (Å²) >= 11 is 3.51. The van der Waals surface area contributed by atoms with Gasteiger partial charge in [-0.25, -0.2) is 0 Å². The average Bonchev–Trinajstić information content (AvgIpc) is 3.24. The largest absolute Gasteiger partial charge is 0.344 e. The summed E-state index contributed by atoms with van der Waals surface area (Å²) in [6.45, 7) is 0. The number of fused-ring (bicyclic) bond motifs is 3. The molecule has 0 amide bonds. The van der Waals surface area contributed by atoms with E-state index in [1.807, 2.05) is 25.2 Å². The van der Waals surface area contributed by atoms with Gasteiger partial charge in [0.1, 0.15) is 6.07 Å². The molecule has 0 radical (unpaired) electrons. The quantitative estimate of drug-likeness (QED) is 0.683. The molecule has 1 aliphatic heterocycles. The molecule has 0 unspecified atom stereocenters. The second-order valence-corrected chi connectivity index (χ2v) is 7.58. The van der Waals surface area contributed by atoms with E-state index in [0.29, 0.717) is 5.57 Å². The summed E-state index contributed by atoms with van der Waals surface area (Å²) in [5, 5.41) is 25.1. The van der Waals surface area contributed by atoms with Crippen LogP contribution in [0.25, 0.3) is 31.6 Å². The zero-order valence-corrected chi connectivity index (χ0v) is 14.5. The summed E-state index contributed by atoms with van der Waals surface area (Å²) in [7, 11) is 2.05. The molecule has 24 heavy (non-hydrogen) atoms. The third-order valence-electron chi connectivity index (χ3n) is 4.23. The first-order valence-electron chi connectivity index (χ1n) is 7.38. The molecule has 3 aromatic rings. The van der Waals surface area contributed by atoms with E-state index >= 15 is 0 Å². The second-order valence-electron chi connectivity index (χ2n) is 5.49. The average molecular weight is 347 g/mol. The van der Waals surface area contributed by atoms with Gasteiger partial charge in [-0.3, -0.25) is 0 Å². The van der Waals surface area contributed by atoms with Crippen LogP contribution >= 0.6 is 23.5 Å². The molecule has 116 valence electrons. The number of thioether (sulfide) groups is 2. The molecule has 1 aliphatic rings. The molecule has 4 rings (SSSR count). The van der Waals surface area contributed by atoms with Crippen molar-refractivity contribution in [3.05, 3.63) is 57.7 Å². The molecule has 3 nitrogen and oxygen atoms in total. The molecule has 0 aliphatic carbocycles. The first kappa shape index (κ1) is 15.1. The van der Waals surface area contributed by atoms with E-state index in [1.54, 1.807) is 23.5 Å². The van der Waals surface area contributed by atoms with Crippen LogP contribution in [0.2, 0.25) is 0 Å². The zero-order chi connectivity index (χ0) is 16.7. The van der Waals surface area contributed by atoms with Crippen LogP contribution < -0.4 is 10.4 Å². The molecular weight excluding hydrogens is 334 g/mol. The topological polar surface area (TPSA) is 52.6 Å². The maximum Gasteiger partial charge on any atom is 0.101 e. The number of hydrogen-bond acceptors (Lipinski definition) is 4. The fourth-order valence-electron chi connectivity index (χ4n) is 3.02. The number of rotatable bonds is 1. The van der Waals surface area contributed by atoms with Crippen molar-refractivity contribution in [3.8, 4) is 6.07 Å². The highest BCUT2D eigenvalue weighted by Crippen LogP contribution is 2.38. The highest BCUT2D eigenvalue weighted by molar-refractivity contribution is 8.34. The predicted octanol–water partition coefficient (Wildman–Crippen LogP) is 3.67. The first-order valence-corrected chi connectivity index (χ1v) is 9.14. The van der Waals surface area contributed by atoms with Crippen LogP contribution in [0.1, 0.15) is 0 Å². The van der Waals surface area contributed by atoms with Crippen LogP contribution in [0, 0.1) is 16.7 Å². The van der Waals surface area contributed by atoms with Gasteiger partial charge in [0, 0.05) is 35.1 Å². The van der Waals surface area contributed by atoms with E-state index < -0.39 is 0 Å². The Hall–Kier alpha value is -2.42. The number of nitrogens with zero attached hydrogens (tertiary/aromatic N) is 2. The number of aromatic nitrogens is 1. The molecule has 5 heteroatoms. The Bertz CT molecular complexity index is 1180. The molecule has 0 fully saturated rings. The van der Waals surface area contributed by atoms with Crippen molar-refractivity contribution in [1.29, 1.82) is 10.7 Å². The molecule has 0 saturated carbocycles. The molecule has 2 heterocycles. The van der Waals surface area contributed by atoms with Gasteiger partial charge in [0.15, 0.2) is 0 Å². The summed E-state index contributed by atoms with van der Waals surface area (Å²) in [5.41, 5.74) is 2.63. The fourth-order valence-corrected chi connectivity index (χ4v) is 4.79. The van der Waals surface area contributed by atoms with E-state index in [0.717, 1.165) is 16.9 Å². The van der Waals surface area contributed by atoms with Crippen LogP contribution in [-0.2, 0) is 7.05 Å². The van der Waals surface area contributed by atoms with Gasteiger partial charge >= 0.3 is 0 Å². The van der Waals surface area contributed by atoms with Crippen molar-refractivity contribution in [3.63, 3.8) is 0 Å². The zero-order valence-electron chi connectivity index (χ0n) is 12.9. The Morgan fingerprint density at radius 3 is 2.42 bits per heavy atom. The van der Waals surface area contributed by atoms with Crippen molar-refractivity contribution in [2.45, 2.75) is 0 Å². The maximum atomic E-state index is 9.16. The number of nitrogens with one attached hydrogen (secondary N) is 1. The lowest BCUT2D eigenvalue weighted by Gasteiger charge is -1.99. The van der Waals surface area contributed by atoms with Gasteiger partial charge in [-0.1, -0.05) is 47.8 Å². The third-order valence-corrected chi connectivity index (χ3v) is 6.42. The molecule has 2 aromatic carbocycles. The highest BCUT2D eigenvalue weighted by Gasteiger charge is 2.10. The number of nitriles is 1. The van der Waals surface area contributed by atoms with Gasteiger partial charge in [-0.2, -0.15) is 5.26 Å². The lowest BCUT2D eigenvalue weighted by atomic mass is 10.1. The smallest absolute Gasteiger partial charge is 0.101 e. The van der Waals surface area contributed by atoms with E-state index in [1.165, 1.54) is 25.7 Å². The van der Waals surface area contributed by atoms with Gasteiger partial charge in [0.2, 0.25) is 0 Å². The van der Waals surface area contributed by atoms with Crippen molar-refractivity contribution < 1.29 is 0 Å². The SMILES string of the molecule is Cn1c2cc(=C3SC=CS3)ccc2c2cc/c(=C(\C#N)C=N)cc21. The first-order chi connectivity index (χ1) is 11.7.